The van der Waals surface area contributed by atoms with Gasteiger partial charge in [0, 0.05) is 24.7 Å². The Morgan fingerprint density at radius 1 is 1.18 bits per heavy atom. The molecule has 2 aromatic carbocycles. The first kappa shape index (κ1) is 14.8. The summed E-state index contributed by atoms with van der Waals surface area (Å²) in [6.07, 6.45) is 1.02. The number of amides is 1. The molecule has 1 fully saturated rings. The van der Waals surface area contributed by atoms with Crippen LogP contribution < -0.4 is 5.32 Å². The second-order valence-electron chi connectivity index (χ2n) is 5.88. The molecule has 1 N–H and O–H groups in total. The molecule has 3 rings (SSSR count). The second-order valence-corrected chi connectivity index (χ2v) is 5.88. The van der Waals surface area contributed by atoms with Crippen LogP contribution in [0.5, 0.6) is 0 Å². The standard InChI is InChI=1S/C19H21N2O/c1-14-3-5-15(6-4-14)16-7-9-17(10-8-16)19(22)21-12-11-18(13-21)20-2/h3-9,18,20H,11-13H2,1-2H3/t18-/m0/s1. The molecular weight excluding hydrogens is 272 g/mol. The van der Waals surface area contributed by atoms with Crippen molar-refractivity contribution in [2.45, 2.75) is 19.4 Å². The van der Waals surface area contributed by atoms with Crippen molar-refractivity contribution in [3.05, 3.63) is 59.7 Å². The fraction of sp³-hybridized carbons (Fsp3) is 0.316. The molecule has 0 aromatic heterocycles. The van der Waals surface area contributed by atoms with Gasteiger partial charge >= 0.3 is 0 Å². The van der Waals surface area contributed by atoms with E-state index in [0.717, 1.165) is 30.6 Å². The van der Waals surface area contributed by atoms with Gasteiger partial charge in [-0.1, -0.05) is 35.9 Å². The normalized spacial score (nSPS) is 17.7. The molecule has 22 heavy (non-hydrogen) atoms. The van der Waals surface area contributed by atoms with E-state index in [2.05, 4.69) is 42.6 Å². The van der Waals surface area contributed by atoms with Gasteiger partial charge in [-0.2, -0.15) is 0 Å². The van der Waals surface area contributed by atoms with Crippen molar-refractivity contribution >= 4 is 5.91 Å². The van der Waals surface area contributed by atoms with E-state index in [1.165, 1.54) is 5.56 Å². The first-order valence-corrected chi connectivity index (χ1v) is 7.72. The van der Waals surface area contributed by atoms with Crippen LogP contribution in [0.3, 0.4) is 0 Å². The molecule has 0 unspecified atom stereocenters. The van der Waals surface area contributed by atoms with Gasteiger partial charge < -0.3 is 10.2 Å². The van der Waals surface area contributed by atoms with E-state index in [1.54, 1.807) is 0 Å². The van der Waals surface area contributed by atoms with Gasteiger partial charge in [-0.15, -0.1) is 0 Å². The van der Waals surface area contributed by atoms with E-state index in [4.69, 9.17) is 0 Å². The Morgan fingerprint density at radius 3 is 2.50 bits per heavy atom. The lowest BCUT2D eigenvalue weighted by Gasteiger charge is -2.16. The lowest BCUT2D eigenvalue weighted by atomic mass is 10.0. The van der Waals surface area contributed by atoms with Gasteiger partial charge in [-0.05, 0) is 49.7 Å². The number of nitrogens with zero attached hydrogens (tertiary/aromatic N) is 1. The zero-order chi connectivity index (χ0) is 15.5. The molecule has 0 aliphatic carbocycles. The predicted molar refractivity (Wildman–Crippen MR) is 88.8 cm³/mol. The van der Waals surface area contributed by atoms with Gasteiger partial charge in [0.05, 0.1) is 0 Å². The number of nitrogens with one attached hydrogen (secondary N) is 1. The zero-order valence-electron chi connectivity index (χ0n) is 13.1. The van der Waals surface area contributed by atoms with Crippen molar-refractivity contribution in [2.75, 3.05) is 20.1 Å². The molecule has 1 radical (unpaired) electrons. The molecule has 0 spiro atoms. The summed E-state index contributed by atoms with van der Waals surface area (Å²) in [7, 11) is 1.95. The van der Waals surface area contributed by atoms with Gasteiger partial charge in [-0.3, -0.25) is 4.79 Å². The van der Waals surface area contributed by atoms with Crippen molar-refractivity contribution in [1.29, 1.82) is 0 Å². The molecule has 1 aliphatic heterocycles. The smallest absolute Gasteiger partial charge is 0.254 e. The molecule has 1 aliphatic rings. The van der Waals surface area contributed by atoms with Crippen LogP contribution in [0.4, 0.5) is 0 Å². The van der Waals surface area contributed by atoms with Gasteiger partial charge in [0.15, 0.2) is 0 Å². The molecule has 3 nitrogen and oxygen atoms in total. The maximum Gasteiger partial charge on any atom is 0.254 e. The van der Waals surface area contributed by atoms with Crippen LogP contribution in [-0.2, 0) is 0 Å². The number of hydrogen-bond donors (Lipinski definition) is 1. The lowest BCUT2D eigenvalue weighted by Crippen LogP contribution is -2.33. The van der Waals surface area contributed by atoms with E-state index in [1.807, 2.05) is 30.1 Å². The maximum absolute atomic E-state index is 12.5. The molecule has 1 saturated heterocycles. The summed E-state index contributed by atoms with van der Waals surface area (Å²) >= 11 is 0. The summed E-state index contributed by atoms with van der Waals surface area (Å²) in [5.74, 6) is 0.0770. The number of aryl methyl sites for hydroxylation is 1. The van der Waals surface area contributed by atoms with Gasteiger partial charge in [-0.25, -0.2) is 0 Å². The SMILES string of the molecule is CN[C@H]1CCN(C(=O)c2[c]cc(-c3ccc(C)cc3)cc2)C1. The molecule has 113 valence electrons. The molecule has 1 amide bonds. The Labute approximate surface area is 132 Å². The Kier molecular flexibility index (Phi) is 4.25. The fourth-order valence-electron chi connectivity index (χ4n) is 2.83. The third-order valence-electron chi connectivity index (χ3n) is 4.31. The van der Waals surface area contributed by atoms with E-state index in [0.29, 0.717) is 11.6 Å². The molecule has 2 aromatic rings. The van der Waals surface area contributed by atoms with Crippen molar-refractivity contribution < 1.29 is 4.79 Å². The van der Waals surface area contributed by atoms with Crippen LogP contribution in [0, 0.1) is 13.0 Å². The molecule has 1 atom stereocenters. The van der Waals surface area contributed by atoms with Crippen molar-refractivity contribution in [2.24, 2.45) is 0 Å². The third-order valence-corrected chi connectivity index (χ3v) is 4.31. The van der Waals surface area contributed by atoms with Crippen LogP contribution in [0.1, 0.15) is 22.3 Å². The Bertz CT molecular complexity index is 646. The van der Waals surface area contributed by atoms with Crippen LogP contribution in [0.25, 0.3) is 11.1 Å². The Morgan fingerprint density at radius 2 is 1.91 bits per heavy atom. The van der Waals surface area contributed by atoms with Crippen molar-refractivity contribution in [1.82, 2.24) is 10.2 Å². The Hall–Kier alpha value is -2.13. The van der Waals surface area contributed by atoms with Gasteiger partial charge in [0.2, 0.25) is 0 Å². The highest BCUT2D eigenvalue weighted by molar-refractivity contribution is 5.94. The predicted octanol–water partition coefficient (Wildman–Crippen LogP) is 2.90. The van der Waals surface area contributed by atoms with Crippen LogP contribution in [0.15, 0.2) is 42.5 Å². The van der Waals surface area contributed by atoms with Crippen LogP contribution >= 0.6 is 0 Å². The molecule has 0 saturated carbocycles. The topological polar surface area (TPSA) is 32.3 Å². The number of benzene rings is 2. The summed E-state index contributed by atoms with van der Waals surface area (Å²) < 4.78 is 0. The maximum atomic E-state index is 12.5. The minimum Gasteiger partial charge on any atom is -0.337 e. The number of carbonyl (C=O) groups is 1. The number of hydrogen-bond acceptors (Lipinski definition) is 2. The fourth-order valence-corrected chi connectivity index (χ4v) is 2.83. The lowest BCUT2D eigenvalue weighted by molar-refractivity contribution is 0.0789. The number of carbonyl (C=O) groups excluding carboxylic acids is 1. The highest BCUT2D eigenvalue weighted by atomic mass is 16.2. The van der Waals surface area contributed by atoms with E-state index in [9.17, 15) is 4.79 Å². The molecular formula is C19H21N2O. The van der Waals surface area contributed by atoms with E-state index < -0.39 is 0 Å². The van der Waals surface area contributed by atoms with Crippen LogP contribution in [-0.4, -0.2) is 37.0 Å². The first-order chi connectivity index (χ1) is 10.7. The van der Waals surface area contributed by atoms with Crippen molar-refractivity contribution in [3.63, 3.8) is 0 Å². The average molecular weight is 293 g/mol. The minimum absolute atomic E-state index is 0.0770. The third kappa shape index (κ3) is 3.04. The largest absolute Gasteiger partial charge is 0.337 e. The van der Waals surface area contributed by atoms with Gasteiger partial charge in [0.1, 0.15) is 0 Å². The van der Waals surface area contributed by atoms with E-state index in [-0.39, 0.29) is 5.91 Å². The first-order valence-electron chi connectivity index (χ1n) is 7.72. The number of rotatable bonds is 3. The monoisotopic (exact) mass is 293 g/mol. The quantitative estimate of drug-likeness (QED) is 0.943. The second kappa shape index (κ2) is 6.32. The van der Waals surface area contributed by atoms with Crippen molar-refractivity contribution in [3.8, 4) is 11.1 Å². The summed E-state index contributed by atoms with van der Waals surface area (Å²) in [4.78, 5) is 14.4. The number of likely N-dealkylation sites (N-methyl/N-ethyl adjacent to an activating group) is 1. The molecule has 3 heteroatoms. The highest BCUT2D eigenvalue weighted by Crippen LogP contribution is 2.21. The Balaban J connectivity index is 1.74. The summed E-state index contributed by atoms with van der Waals surface area (Å²) in [5.41, 5.74) is 4.13. The van der Waals surface area contributed by atoms with E-state index >= 15 is 0 Å². The minimum atomic E-state index is 0.0770. The summed E-state index contributed by atoms with van der Waals surface area (Å²) in [5, 5.41) is 3.23. The summed E-state index contributed by atoms with van der Waals surface area (Å²) in [6, 6.07) is 17.7. The molecule has 1 heterocycles. The zero-order valence-corrected chi connectivity index (χ0v) is 13.1. The number of likely N-dealkylation sites (tertiary alicyclic amines) is 1. The van der Waals surface area contributed by atoms with Gasteiger partial charge in [0.25, 0.3) is 5.91 Å². The summed E-state index contributed by atoms with van der Waals surface area (Å²) in [6.45, 7) is 3.67. The molecule has 0 bridgehead atoms. The average Bonchev–Trinajstić information content (AvgIpc) is 3.04. The van der Waals surface area contributed by atoms with Crippen LogP contribution in [0.2, 0.25) is 0 Å². The highest BCUT2D eigenvalue weighted by Gasteiger charge is 2.25.